The smallest absolute Gasteiger partial charge is 0.0987 e. The summed E-state index contributed by atoms with van der Waals surface area (Å²) in [7, 11) is 0. The van der Waals surface area contributed by atoms with E-state index in [9.17, 15) is 5.11 Å². The van der Waals surface area contributed by atoms with E-state index in [-0.39, 0.29) is 6.61 Å². The molecule has 0 saturated carbocycles. The van der Waals surface area contributed by atoms with Crippen LogP contribution in [0, 0.1) is 0 Å². The van der Waals surface area contributed by atoms with Gasteiger partial charge in [0.05, 0.1) is 12.3 Å². The molecule has 2 N–H and O–H groups in total. The van der Waals surface area contributed by atoms with E-state index in [1.165, 1.54) is 0 Å². The number of H-pyrrole nitrogens is 1. The molecule has 0 fully saturated rings. The highest BCUT2D eigenvalue weighted by Gasteiger charge is 2.12. The summed E-state index contributed by atoms with van der Waals surface area (Å²) in [5, 5.41) is 20.5. The van der Waals surface area contributed by atoms with Gasteiger partial charge in [-0.15, -0.1) is 0 Å². The zero-order chi connectivity index (χ0) is 9.97. The van der Waals surface area contributed by atoms with E-state index >= 15 is 0 Å². The third-order valence-corrected chi connectivity index (χ3v) is 2.94. The number of aliphatic hydroxyl groups excluding tert-OH is 1. The molecule has 14 heavy (non-hydrogen) atoms. The minimum atomic E-state index is 0.0465. The Morgan fingerprint density at radius 3 is 3.00 bits per heavy atom. The predicted octanol–water partition coefficient (Wildman–Crippen LogP) is 2.19. The topological polar surface area (TPSA) is 48.9 Å². The van der Waals surface area contributed by atoms with Gasteiger partial charge < -0.3 is 5.11 Å². The first kappa shape index (κ1) is 9.43. The zero-order valence-electron chi connectivity index (χ0n) is 7.95. The maximum Gasteiger partial charge on any atom is 0.0987 e. The van der Waals surface area contributed by atoms with Gasteiger partial charge in [-0.2, -0.15) is 16.4 Å². The fraction of sp³-hybridized carbons (Fsp3) is 0.300. The number of nitrogens with one attached hydrogen (secondary N) is 1. The number of aliphatic hydroxyl groups is 1. The van der Waals surface area contributed by atoms with Crippen LogP contribution in [0.2, 0.25) is 0 Å². The van der Waals surface area contributed by atoms with Crippen molar-refractivity contribution >= 4 is 11.3 Å². The normalized spacial score (nSPS) is 10.7. The molecule has 4 heteroatoms. The highest BCUT2D eigenvalue weighted by molar-refractivity contribution is 7.08. The Balaban J connectivity index is 2.48. The van der Waals surface area contributed by atoms with Crippen molar-refractivity contribution in [3.8, 4) is 11.3 Å². The molecular formula is C10H12N2OS. The third-order valence-electron chi connectivity index (χ3n) is 2.26. The molecular weight excluding hydrogens is 196 g/mol. The molecule has 0 atom stereocenters. The Morgan fingerprint density at radius 1 is 1.57 bits per heavy atom. The van der Waals surface area contributed by atoms with Crippen molar-refractivity contribution in [3.63, 3.8) is 0 Å². The van der Waals surface area contributed by atoms with Crippen LogP contribution in [0.15, 0.2) is 16.8 Å². The van der Waals surface area contributed by atoms with Crippen molar-refractivity contribution in [2.75, 3.05) is 0 Å². The standard InChI is InChI=1S/C10H12N2OS/c1-2-9-8(5-13)10(12-11-9)7-3-4-14-6-7/h3-4,6,13H,2,5H2,1H3,(H,11,12). The van der Waals surface area contributed by atoms with E-state index in [1.54, 1.807) is 11.3 Å². The Hall–Kier alpha value is -1.13. The van der Waals surface area contributed by atoms with Crippen LogP contribution in [-0.4, -0.2) is 15.3 Å². The van der Waals surface area contributed by atoms with Crippen LogP contribution in [0.3, 0.4) is 0 Å². The summed E-state index contributed by atoms with van der Waals surface area (Å²) in [4.78, 5) is 0. The third kappa shape index (κ3) is 1.47. The summed E-state index contributed by atoms with van der Waals surface area (Å²) in [6.07, 6.45) is 0.868. The van der Waals surface area contributed by atoms with Crippen molar-refractivity contribution in [1.29, 1.82) is 0 Å². The lowest BCUT2D eigenvalue weighted by Crippen LogP contribution is -1.90. The maximum atomic E-state index is 9.26. The molecule has 0 spiro atoms. The predicted molar refractivity (Wildman–Crippen MR) is 57.2 cm³/mol. The molecule has 3 nitrogen and oxygen atoms in total. The molecule has 2 heterocycles. The molecule has 0 unspecified atom stereocenters. The van der Waals surface area contributed by atoms with Crippen LogP contribution in [0.4, 0.5) is 0 Å². The summed E-state index contributed by atoms with van der Waals surface area (Å²) in [6.45, 7) is 2.09. The Bertz CT molecular complexity index is 406. The van der Waals surface area contributed by atoms with Crippen molar-refractivity contribution < 1.29 is 5.11 Å². The van der Waals surface area contributed by atoms with Crippen LogP contribution >= 0.6 is 11.3 Å². The highest BCUT2D eigenvalue weighted by atomic mass is 32.1. The van der Waals surface area contributed by atoms with E-state index in [4.69, 9.17) is 0 Å². The van der Waals surface area contributed by atoms with Crippen LogP contribution < -0.4 is 0 Å². The first-order chi connectivity index (χ1) is 6.86. The van der Waals surface area contributed by atoms with E-state index in [2.05, 4.69) is 10.2 Å². The molecule has 0 bridgehead atoms. The van der Waals surface area contributed by atoms with E-state index in [0.29, 0.717) is 0 Å². The molecule has 0 aromatic carbocycles. The summed E-state index contributed by atoms with van der Waals surface area (Å²) < 4.78 is 0. The lowest BCUT2D eigenvalue weighted by atomic mass is 10.1. The number of aryl methyl sites for hydroxylation is 1. The molecule has 0 amide bonds. The van der Waals surface area contributed by atoms with Gasteiger partial charge in [0.2, 0.25) is 0 Å². The molecule has 2 aromatic heterocycles. The second-order valence-corrected chi connectivity index (χ2v) is 3.83. The van der Waals surface area contributed by atoms with E-state index in [0.717, 1.165) is 28.9 Å². The zero-order valence-corrected chi connectivity index (χ0v) is 8.77. The summed E-state index contributed by atoms with van der Waals surface area (Å²) >= 11 is 1.63. The van der Waals surface area contributed by atoms with Gasteiger partial charge in [0.15, 0.2) is 0 Å². The quantitative estimate of drug-likeness (QED) is 0.812. The van der Waals surface area contributed by atoms with Gasteiger partial charge in [0.1, 0.15) is 0 Å². The molecule has 0 aliphatic heterocycles. The minimum absolute atomic E-state index is 0.0465. The number of nitrogens with zero attached hydrogens (tertiary/aromatic N) is 1. The number of aromatic amines is 1. The number of thiophene rings is 1. The van der Waals surface area contributed by atoms with Crippen LogP contribution in [-0.2, 0) is 13.0 Å². The monoisotopic (exact) mass is 208 g/mol. The Labute approximate surface area is 86.4 Å². The van der Waals surface area contributed by atoms with Crippen LogP contribution in [0.1, 0.15) is 18.2 Å². The number of hydrogen-bond acceptors (Lipinski definition) is 3. The number of aromatic nitrogens is 2. The maximum absolute atomic E-state index is 9.26. The summed E-state index contributed by atoms with van der Waals surface area (Å²) in [5.41, 5.74) is 3.90. The van der Waals surface area contributed by atoms with Gasteiger partial charge >= 0.3 is 0 Å². The SMILES string of the molecule is CCc1[nH]nc(-c2ccsc2)c1CO. The average Bonchev–Trinajstić information content (AvgIpc) is 2.85. The number of rotatable bonds is 3. The Kier molecular flexibility index (Phi) is 2.65. The first-order valence-corrected chi connectivity index (χ1v) is 5.50. The molecule has 0 aliphatic carbocycles. The van der Waals surface area contributed by atoms with Gasteiger partial charge in [-0.25, -0.2) is 0 Å². The van der Waals surface area contributed by atoms with Gasteiger partial charge in [0, 0.05) is 22.2 Å². The molecule has 2 rings (SSSR count). The fourth-order valence-electron chi connectivity index (χ4n) is 1.50. The van der Waals surface area contributed by atoms with Gasteiger partial charge in [-0.1, -0.05) is 6.92 Å². The van der Waals surface area contributed by atoms with Crippen LogP contribution in [0.25, 0.3) is 11.3 Å². The lowest BCUT2D eigenvalue weighted by molar-refractivity contribution is 0.281. The van der Waals surface area contributed by atoms with Crippen molar-refractivity contribution in [3.05, 3.63) is 28.1 Å². The summed E-state index contributed by atoms with van der Waals surface area (Å²) in [5.74, 6) is 0. The average molecular weight is 208 g/mol. The molecule has 74 valence electrons. The Morgan fingerprint density at radius 2 is 2.43 bits per heavy atom. The molecule has 0 radical (unpaired) electrons. The largest absolute Gasteiger partial charge is 0.392 e. The summed E-state index contributed by atoms with van der Waals surface area (Å²) in [6, 6.07) is 2.01. The molecule has 2 aromatic rings. The second-order valence-electron chi connectivity index (χ2n) is 3.05. The van der Waals surface area contributed by atoms with E-state index < -0.39 is 0 Å². The lowest BCUT2D eigenvalue weighted by Gasteiger charge is -1.98. The number of hydrogen-bond donors (Lipinski definition) is 2. The van der Waals surface area contributed by atoms with Crippen molar-refractivity contribution in [2.45, 2.75) is 20.0 Å². The van der Waals surface area contributed by atoms with Crippen molar-refractivity contribution in [2.24, 2.45) is 0 Å². The second kappa shape index (κ2) is 3.94. The van der Waals surface area contributed by atoms with Gasteiger partial charge in [0.25, 0.3) is 0 Å². The van der Waals surface area contributed by atoms with E-state index in [1.807, 2.05) is 23.8 Å². The van der Waals surface area contributed by atoms with Crippen LogP contribution in [0.5, 0.6) is 0 Å². The minimum Gasteiger partial charge on any atom is -0.392 e. The van der Waals surface area contributed by atoms with Gasteiger partial charge in [-0.3, -0.25) is 5.10 Å². The van der Waals surface area contributed by atoms with Crippen molar-refractivity contribution in [1.82, 2.24) is 10.2 Å². The highest BCUT2D eigenvalue weighted by Crippen LogP contribution is 2.25. The first-order valence-electron chi connectivity index (χ1n) is 4.56. The molecule has 0 saturated heterocycles. The fourth-order valence-corrected chi connectivity index (χ4v) is 2.14. The van der Waals surface area contributed by atoms with Gasteiger partial charge in [-0.05, 0) is 17.9 Å². The molecule has 0 aliphatic rings.